The summed E-state index contributed by atoms with van der Waals surface area (Å²) in [6.45, 7) is 4.70. The van der Waals surface area contributed by atoms with Crippen LogP contribution in [-0.4, -0.2) is 36.2 Å². The van der Waals surface area contributed by atoms with Gasteiger partial charge in [0.1, 0.15) is 0 Å². The van der Waals surface area contributed by atoms with E-state index in [0.717, 1.165) is 12.8 Å². The van der Waals surface area contributed by atoms with E-state index in [1.54, 1.807) is 6.92 Å². The molecule has 1 amide bonds. The molecule has 0 aromatic rings. The summed E-state index contributed by atoms with van der Waals surface area (Å²) < 4.78 is 5.45. The van der Waals surface area contributed by atoms with E-state index in [-0.39, 0.29) is 17.9 Å². The molecule has 0 radical (unpaired) electrons. The van der Waals surface area contributed by atoms with E-state index in [1.165, 1.54) is 0 Å². The average Bonchev–Trinajstić information content (AvgIpc) is 2.76. The molecule has 0 aromatic heterocycles. The molecule has 0 aromatic carbocycles. The highest BCUT2D eigenvalue weighted by molar-refractivity contribution is 5.79. The number of hydrogen-bond donors (Lipinski definition) is 2. The fourth-order valence-electron chi connectivity index (χ4n) is 2.02. The van der Waals surface area contributed by atoms with Gasteiger partial charge in [-0.1, -0.05) is 13.8 Å². The normalized spacial score (nSPS) is 25.5. The Kier molecular flexibility index (Phi) is 5.41. The van der Waals surface area contributed by atoms with E-state index < -0.39 is 11.9 Å². The second-order valence-electron chi connectivity index (χ2n) is 4.53. The summed E-state index contributed by atoms with van der Waals surface area (Å²) in [5, 5.41) is 11.5. The van der Waals surface area contributed by atoms with Gasteiger partial charge in [-0.3, -0.25) is 9.59 Å². The van der Waals surface area contributed by atoms with Crippen molar-refractivity contribution in [3.8, 4) is 0 Å². The number of nitrogens with one attached hydrogen (secondary N) is 1. The van der Waals surface area contributed by atoms with Crippen LogP contribution >= 0.6 is 0 Å². The van der Waals surface area contributed by atoms with Crippen molar-refractivity contribution in [3.63, 3.8) is 0 Å². The minimum atomic E-state index is -0.824. The Bertz CT molecular complexity index is 280. The first-order valence-electron chi connectivity index (χ1n) is 6.18. The fourth-order valence-corrected chi connectivity index (χ4v) is 2.02. The van der Waals surface area contributed by atoms with Crippen molar-refractivity contribution in [2.75, 3.05) is 13.2 Å². The summed E-state index contributed by atoms with van der Waals surface area (Å²) in [4.78, 5) is 22.4. The zero-order valence-electron chi connectivity index (χ0n) is 10.4. The maximum atomic E-state index is 11.8. The number of carboxylic acid groups (broad SMARTS) is 1. The molecule has 1 saturated heterocycles. The standard InChI is InChI=1S/C12H21NO4/c1-3-10-9(5-7-17-10)11(14)13-6-4-8(2)12(15)16/h8-10H,3-7H2,1-2H3,(H,13,14)(H,15,16). The molecule has 1 heterocycles. The average molecular weight is 243 g/mol. The lowest BCUT2D eigenvalue weighted by molar-refractivity contribution is -0.141. The lowest BCUT2D eigenvalue weighted by atomic mass is 9.98. The highest BCUT2D eigenvalue weighted by Crippen LogP contribution is 2.23. The van der Waals surface area contributed by atoms with Crippen LogP contribution in [0.1, 0.15) is 33.1 Å². The molecule has 5 nitrogen and oxygen atoms in total. The van der Waals surface area contributed by atoms with Crippen molar-refractivity contribution in [1.82, 2.24) is 5.32 Å². The van der Waals surface area contributed by atoms with E-state index in [1.807, 2.05) is 6.92 Å². The van der Waals surface area contributed by atoms with Gasteiger partial charge in [0, 0.05) is 13.2 Å². The summed E-state index contributed by atoms with van der Waals surface area (Å²) in [7, 11) is 0. The Morgan fingerprint density at radius 1 is 1.53 bits per heavy atom. The van der Waals surface area contributed by atoms with Crippen molar-refractivity contribution in [2.45, 2.75) is 39.2 Å². The summed E-state index contributed by atoms with van der Waals surface area (Å²) >= 11 is 0. The number of rotatable bonds is 6. The third-order valence-electron chi connectivity index (χ3n) is 3.25. The van der Waals surface area contributed by atoms with Crippen molar-refractivity contribution in [2.24, 2.45) is 11.8 Å². The second kappa shape index (κ2) is 6.59. The highest BCUT2D eigenvalue weighted by Gasteiger charge is 2.32. The molecule has 0 spiro atoms. The van der Waals surface area contributed by atoms with Gasteiger partial charge in [-0.25, -0.2) is 0 Å². The molecule has 3 atom stereocenters. The van der Waals surface area contributed by atoms with Gasteiger partial charge in [-0.15, -0.1) is 0 Å². The quantitative estimate of drug-likeness (QED) is 0.730. The van der Waals surface area contributed by atoms with Crippen molar-refractivity contribution in [3.05, 3.63) is 0 Å². The number of carbonyl (C=O) groups excluding carboxylic acids is 1. The number of carbonyl (C=O) groups is 2. The molecular formula is C12H21NO4. The molecule has 98 valence electrons. The van der Waals surface area contributed by atoms with Crippen LogP contribution in [0.4, 0.5) is 0 Å². The summed E-state index contributed by atoms with van der Waals surface area (Å²) in [5.74, 6) is -1.32. The van der Waals surface area contributed by atoms with Crippen LogP contribution in [0.5, 0.6) is 0 Å². The molecule has 1 aliphatic rings. The monoisotopic (exact) mass is 243 g/mol. The molecule has 1 fully saturated rings. The number of ether oxygens (including phenoxy) is 1. The minimum Gasteiger partial charge on any atom is -0.481 e. The Balaban J connectivity index is 2.27. The zero-order valence-corrected chi connectivity index (χ0v) is 10.4. The van der Waals surface area contributed by atoms with Gasteiger partial charge in [-0.2, -0.15) is 0 Å². The van der Waals surface area contributed by atoms with Crippen LogP contribution in [0, 0.1) is 11.8 Å². The molecule has 0 saturated carbocycles. The lowest BCUT2D eigenvalue weighted by Gasteiger charge is -2.16. The van der Waals surface area contributed by atoms with E-state index in [4.69, 9.17) is 9.84 Å². The highest BCUT2D eigenvalue weighted by atomic mass is 16.5. The smallest absolute Gasteiger partial charge is 0.306 e. The molecule has 1 rings (SSSR count). The fraction of sp³-hybridized carbons (Fsp3) is 0.833. The van der Waals surface area contributed by atoms with E-state index in [2.05, 4.69) is 5.32 Å². The third kappa shape index (κ3) is 4.00. The number of carboxylic acids is 1. The van der Waals surface area contributed by atoms with Gasteiger partial charge in [-0.05, 0) is 19.3 Å². The maximum absolute atomic E-state index is 11.8. The van der Waals surface area contributed by atoms with Crippen LogP contribution in [-0.2, 0) is 14.3 Å². The molecule has 5 heteroatoms. The Labute approximate surface area is 102 Å². The second-order valence-corrected chi connectivity index (χ2v) is 4.53. The first-order valence-corrected chi connectivity index (χ1v) is 6.18. The number of amides is 1. The Hall–Kier alpha value is -1.10. The van der Waals surface area contributed by atoms with Crippen molar-refractivity contribution in [1.29, 1.82) is 0 Å². The van der Waals surface area contributed by atoms with E-state index in [9.17, 15) is 9.59 Å². The predicted molar refractivity (Wildman–Crippen MR) is 62.6 cm³/mol. The Morgan fingerprint density at radius 2 is 2.24 bits per heavy atom. The number of hydrogen-bond acceptors (Lipinski definition) is 3. The lowest BCUT2D eigenvalue weighted by Crippen LogP contribution is -2.36. The maximum Gasteiger partial charge on any atom is 0.306 e. The first-order chi connectivity index (χ1) is 8.06. The largest absolute Gasteiger partial charge is 0.481 e. The first kappa shape index (κ1) is 14.0. The van der Waals surface area contributed by atoms with Gasteiger partial charge in [0.05, 0.1) is 17.9 Å². The molecule has 1 aliphatic heterocycles. The molecule has 2 N–H and O–H groups in total. The third-order valence-corrected chi connectivity index (χ3v) is 3.25. The van der Waals surface area contributed by atoms with E-state index >= 15 is 0 Å². The summed E-state index contributed by atoms with van der Waals surface area (Å²) in [6, 6.07) is 0. The van der Waals surface area contributed by atoms with Gasteiger partial charge < -0.3 is 15.2 Å². The van der Waals surface area contributed by atoms with Crippen LogP contribution in [0.15, 0.2) is 0 Å². The van der Waals surface area contributed by atoms with Crippen LogP contribution in [0.25, 0.3) is 0 Å². The predicted octanol–water partition coefficient (Wildman–Crippen LogP) is 1.03. The van der Waals surface area contributed by atoms with Gasteiger partial charge >= 0.3 is 5.97 Å². The van der Waals surface area contributed by atoms with Gasteiger partial charge in [0.15, 0.2) is 0 Å². The molecule has 3 unspecified atom stereocenters. The Morgan fingerprint density at radius 3 is 2.82 bits per heavy atom. The number of aliphatic carboxylic acids is 1. The van der Waals surface area contributed by atoms with Gasteiger partial charge in [0.25, 0.3) is 0 Å². The topological polar surface area (TPSA) is 75.6 Å². The SMILES string of the molecule is CCC1OCCC1C(=O)NCCC(C)C(=O)O. The minimum absolute atomic E-state index is 0.00746. The van der Waals surface area contributed by atoms with Crippen molar-refractivity contribution >= 4 is 11.9 Å². The van der Waals surface area contributed by atoms with Crippen LogP contribution in [0.2, 0.25) is 0 Å². The van der Waals surface area contributed by atoms with Crippen LogP contribution in [0.3, 0.4) is 0 Å². The molecule has 0 bridgehead atoms. The van der Waals surface area contributed by atoms with Crippen LogP contribution < -0.4 is 5.32 Å². The molecule has 17 heavy (non-hydrogen) atoms. The zero-order chi connectivity index (χ0) is 12.8. The van der Waals surface area contributed by atoms with Gasteiger partial charge in [0.2, 0.25) is 5.91 Å². The van der Waals surface area contributed by atoms with Crippen molar-refractivity contribution < 1.29 is 19.4 Å². The summed E-state index contributed by atoms with van der Waals surface area (Å²) in [5.41, 5.74) is 0. The molecule has 0 aliphatic carbocycles. The van der Waals surface area contributed by atoms with E-state index in [0.29, 0.717) is 19.6 Å². The summed E-state index contributed by atoms with van der Waals surface area (Å²) in [6.07, 6.45) is 2.08. The molecular weight excluding hydrogens is 222 g/mol.